The number of ketones is 1. The Morgan fingerprint density at radius 1 is 1.33 bits per heavy atom. The maximum Gasteiger partial charge on any atom is 0.162 e. The first-order valence-electron chi connectivity index (χ1n) is 6.29. The van der Waals surface area contributed by atoms with Crippen molar-refractivity contribution in [1.29, 1.82) is 0 Å². The number of allylic oxidation sites excluding steroid dienone is 2. The predicted molar refractivity (Wildman–Crippen MR) is 69.0 cm³/mol. The van der Waals surface area contributed by atoms with Crippen molar-refractivity contribution in [2.24, 2.45) is 0 Å². The molecule has 1 aliphatic rings. The normalized spacial score (nSPS) is 19.3. The summed E-state index contributed by atoms with van der Waals surface area (Å²) in [5.41, 5.74) is 1.13. The SMILES string of the molecule is CCC1=CC(=O)CC(COCc2ccccc2)O1. The summed E-state index contributed by atoms with van der Waals surface area (Å²) in [6, 6.07) is 9.98. The molecule has 3 heteroatoms. The van der Waals surface area contributed by atoms with Crippen molar-refractivity contribution in [2.75, 3.05) is 6.61 Å². The van der Waals surface area contributed by atoms with Crippen LogP contribution < -0.4 is 0 Å². The van der Waals surface area contributed by atoms with E-state index in [0.29, 0.717) is 19.6 Å². The van der Waals surface area contributed by atoms with Crippen LogP contribution in [0.15, 0.2) is 42.2 Å². The van der Waals surface area contributed by atoms with Crippen molar-refractivity contribution in [3.63, 3.8) is 0 Å². The van der Waals surface area contributed by atoms with Crippen LogP contribution >= 0.6 is 0 Å². The van der Waals surface area contributed by atoms with Crippen molar-refractivity contribution in [1.82, 2.24) is 0 Å². The zero-order chi connectivity index (χ0) is 12.8. The molecule has 0 saturated heterocycles. The highest BCUT2D eigenvalue weighted by atomic mass is 16.5. The topological polar surface area (TPSA) is 35.5 Å². The summed E-state index contributed by atoms with van der Waals surface area (Å²) < 4.78 is 11.3. The predicted octanol–water partition coefficient (Wildman–Crippen LogP) is 2.86. The Bertz CT molecular complexity index is 423. The minimum atomic E-state index is -0.138. The molecule has 1 aliphatic heterocycles. The van der Waals surface area contributed by atoms with Crippen LogP contribution in [0.25, 0.3) is 0 Å². The van der Waals surface area contributed by atoms with Crippen LogP contribution in [0, 0.1) is 0 Å². The van der Waals surface area contributed by atoms with E-state index < -0.39 is 0 Å². The molecule has 0 aromatic heterocycles. The Balaban J connectivity index is 1.78. The van der Waals surface area contributed by atoms with Gasteiger partial charge in [0.15, 0.2) is 5.78 Å². The molecular formula is C15H18O3. The van der Waals surface area contributed by atoms with E-state index >= 15 is 0 Å². The average molecular weight is 246 g/mol. The Hall–Kier alpha value is -1.61. The number of rotatable bonds is 5. The third-order valence-corrected chi connectivity index (χ3v) is 2.83. The van der Waals surface area contributed by atoms with E-state index in [0.717, 1.165) is 17.7 Å². The molecule has 18 heavy (non-hydrogen) atoms. The second-order valence-corrected chi connectivity index (χ2v) is 4.38. The van der Waals surface area contributed by atoms with Gasteiger partial charge in [-0.2, -0.15) is 0 Å². The first-order chi connectivity index (χ1) is 8.78. The molecule has 3 nitrogen and oxygen atoms in total. The Morgan fingerprint density at radius 3 is 2.83 bits per heavy atom. The lowest BCUT2D eigenvalue weighted by molar-refractivity contribution is -0.120. The average Bonchev–Trinajstić information content (AvgIpc) is 2.39. The number of ether oxygens (including phenoxy) is 2. The molecule has 2 rings (SSSR count). The van der Waals surface area contributed by atoms with Gasteiger partial charge in [-0.1, -0.05) is 37.3 Å². The molecule has 0 N–H and O–H groups in total. The Labute approximate surface area is 107 Å². The molecule has 1 aromatic carbocycles. The van der Waals surface area contributed by atoms with Gasteiger partial charge in [-0.05, 0) is 5.56 Å². The highest BCUT2D eigenvalue weighted by Crippen LogP contribution is 2.17. The molecular weight excluding hydrogens is 228 g/mol. The summed E-state index contributed by atoms with van der Waals surface area (Å²) in [7, 11) is 0. The molecule has 0 radical (unpaired) electrons. The zero-order valence-corrected chi connectivity index (χ0v) is 10.6. The third-order valence-electron chi connectivity index (χ3n) is 2.83. The van der Waals surface area contributed by atoms with E-state index in [1.807, 2.05) is 37.3 Å². The van der Waals surface area contributed by atoms with Crippen LogP contribution in [0.5, 0.6) is 0 Å². The van der Waals surface area contributed by atoms with Gasteiger partial charge in [0, 0.05) is 18.9 Å². The maximum absolute atomic E-state index is 11.5. The van der Waals surface area contributed by atoms with Crippen LogP contribution in [0.3, 0.4) is 0 Å². The maximum atomic E-state index is 11.5. The summed E-state index contributed by atoms with van der Waals surface area (Å²) >= 11 is 0. The molecule has 96 valence electrons. The summed E-state index contributed by atoms with van der Waals surface area (Å²) in [5, 5.41) is 0. The quantitative estimate of drug-likeness (QED) is 0.801. The number of hydrogen-bond donors (Lipinski definition) is 0. The highest BCUT2D eigenvalue weighted by molar-refractivity contribution is 5.91. The van der Waals surface area contributed by atoms with Gasteiger partial charge >= 0.3 is 0 Å². The molecule has 1 atom stereocenters. The van der Waals surface area contributed by atoms with Crippen LogP contribution in [0.2, 0.25) is 0 Å². The minimum absolute atomic E-state index is 0.131. The first-order valence-corrected chi connectivity index (χ1v) is 6.29. The number of hydrogen-bond acceptors (Lipinski definition) is 3. The van der Waals surface area contributed by atoms with Crippen molar-refractivity contribution < 1.29 is 14.3 Å². The standard InChI is InChI=1S/C15H18O3/c1-2-14-8-13(16)9-15(18-14)11-17-10-12-6-4-3-5-7-12/h3-8,15H,2,9-11H2,1H3. The second-order valence-electron chi connectivity index (χ2n) is 4.38. The molecule has 0 saturated carbocycles. The van der Waals surface area contributed by atoms with E-state index in [2.05, 4.69) is 0 Å². The lowest BCUT2D eigenvalue weighted by Gasteiger charge is -2.23. The van der Waals surface area contributed by atoms with Crippen molar-refractivity contribution >= 4 is 5.78 Å². The summed E-state index contributed by atoms with van der Waals surface area (Å²) in [5.74, 6) is 0.894. The smallest absolute Gasteiger partial charge is 0.162 e. The zero-order valence-electron chi connectivity index (χ0n) is 10.6. The molecule has 0 aliphatic carbocycles. The third kappa shape index (κ3) is 3.70. The molecule has 1 unspecified atom stereocenters. The molecule has 1 aromatic rings. The van der Waals surface area contributed by atoms with E-state index in [9.17, 15) is 4.79 Å². The van der Waals surface area contributed by atoms with E-state index in [4.69, 9.17) is 9.47 Å². The fourth-order valence-electron chi connectivity index (χ4n) is 1.91. The van der Waals surface area contributed by atoms with Gasteiger partial charge in [0.05, 0.1) is 19.0 Å². The van der Waals surface area contributed by atoms with E-state index in [1.54, 1.807) is 6.08 Å². The van der Waals surface area contributed by atoms with Gasteiger partial charge in [-0.15, -0.1) is 0 Å². The van der Waals surface area contributed by atoms with Crippen molar-refractivity contribution in [3.8, 4) is 0 Å². The van der Waals surface area contributed by atoms with Gasteiger partial charge in [-0.25, -0.2) is 0 Å². The monoisotopic (exact) mass is 246 g/mol. The molecule has 0 fully saturated rings. The van der Waals surface area contributed by atoms with Crippen LogP contribution in [0.1, 0.15) is 25.3 Å². The van der Waals surface area contributed by atoms with Gasteiger partial charge in [-0.3, -0.25) is 4.79 Å². The Kier molecular flexibility index (Phi) is 4.53. The second kappa shape index (κ2) is 6.36. The fourth-order valence-corrected chi connectivity index (χ4v) is 1.91. The summed E-state index contributed by atoms with van der Waals surface area (Å²) in [4.78, 5) is 11.5. The fraction of sp³-hybridized carbons (Fsp3) is 0.400. The molecule has 0 amide bonds. The minimum Gasteiger partial charge on any atom is -0.492 e. The first kappa shape index (κ1) is 12.8. The summed E-state index contributed by atoms with van der Waals surface area (Å²) in [6.45, 7) is 2.99. The largest absolute Gasteiger partial charge is 0.492 e. The molecule has 1 heterocycles. The van der Waals surface area contributed by atoms with Gasteiger partial charge in [0.25, 0.3) is 0 Å². The molecule has 0 bridgehead atoms. The number of carbonyl (C=O) groups is 1. The summed E-state index contributed by atoms with van der Waals surface area (Å²) in [6.07, 6.45) is 2.62. The van der Waals surface area contributed by atoms with Gasteiger partial charge < -0.3 is 9.47 Å². The highest BCUT2D eigenvalue weighted by Gasteiger charge is 2.20. The van der Waals surface area contributed by atoms with Crippen molar-refractivity contribution in [2.45, 2.75) is 32.5 Å². The van der Waals surface area contributed by atoms with E-state index in [-0.39, 0.29) is 11.9 Å². The van der Waals surface area contributed by atoms with Gasteiger partial charge in [0.1, 0.15) is 6.10 Å². The number of carbonyl (C=O) groups excluding carboxylic acids is 1. The van der Waals surface area contributed by atoms with Gasteiger partial charge in [0.2, 0.25) is 0 Å². The van der Waals surface area contributed by atoms with Crippen LogP contribution in [-0.4, -0.2) is 18.5 Å². The van der Waals surface area contributed by atoms with Crippen LogP contribution in [-0.2, 0) is 20.9 Å². The lowest BCUT2D eigenvalue weighted by Crippen LogP contribution is -2.26. The Morgan fingerprint density at radius 2 is 2.11 bits per heavy atom. The molecule has 0 spiro atoms. The van der Waals surface area contributed by atoms with Crippen LogP contribution in [0.4, 0.5) is 0 Å². The van der Waals surface area contributed by atoms with Crippen molar-refractivity contribution in [3.05, 3.63) is 47.7 Å². The lowest BCUT2D eigenvalue weighted by atomic mass is 10.1. The number of benzene rings is 1. The van der Waals surface area contributed by atoms with E-state index in [1.165, 1.54) is 0 Å².